The Bertz CT molecular complexity index is 791. The molecule has 3 heterocycles. The first-order chi connectivity index (χ1) is 13.2. The Morgan fingerprint density at radius 1 is 1.48 bits per heavy atom. The molecule has 0 spiro atoms. The molecule has 3 rings (SSSR count). The molecule has 0 bridgehead atoms. The number of thiophene rings is 1. The SMILES string of the molecule is COCCn1ncc(N2CCCC(CC(=O)NCc3cccs3)C2)cc1=O. The minimum absolute atomic E-state index is 0.0864. The number of nitrogens with one attached hydrogen (secondary N) is 1. The molecule has 0 aromatic carbocycles. The van der Waals surface area contributed by atoms with Gasteiger partial charge in [0.15, 0.2) is 0 Å². The van der Waals surface area contributed by atoms with Gasteiger partial charge in [-0.2, -0.15) is 5.10 Å². The Balaban J connectivity index is 1.53. The third-order valence-corrected chi connectivity index (χ3v) is 5.64. The van der Waals surface area contributed by atoms with Gasteiger partial charge >= 0.3 is 0 Å². The second kappa shape index (κ2) is 9.66. The Morgan fingerprint density at radius 2 is 2.37 bits per heavy atom. The second-order valence-electron chi connectivity index (χ2n) is 6.78. The number of ether oxygens (including phenoxy) is 1. The molecular formula is C19H26N4O3S. The third-order valence-electron chi connectivity index (χ3n) is 4.76. The number of methoxy groups -OCH3 is 1. The Labute approximate surface area is 163 Å². The van der Waals surface area contributed by atoms with Gasteiger partial charge in [0.25, 0.3) is 5.56 Å². The van der Waals surface area contributed by atoms with Crippen molar-refractivity contribution >= 4 is 22.9 Å². The zero-order chi connectivity index (χ0) is 19.1. The van der Waals surface area contributed by atoms with E-state index in [2.05, 4.69) is 15.3 Å². The summed E-state index contributed by atoms with van der Waals surface area (Å²) in [6.45, 7) is 3.16. The third kappa shape index (κ3) is 5.64. The van der Waals surface area contributed by atoms with Crippen molar-refractivity contribution in [1.82, 2.24) is 15.1 Å². The summed E-state index contributed by atoms with van der Waals surface area (Å²) in [5.41, 5.74) is 0.706. The van der Waals surface area contributed by atoms with Crippen LogP contribution < -0.4 is 15.8 Å². The molecule has 0 saturated carbocycles. The molecule has 146 valence electrons. The lowest BCUT2D eigenvalue weighted by atomic mass is 9.94. The van der Waals surface area contributed by atoms with E-state index in [0.717, 1.165) is 36.5 Å². The minimum atomic E-state index is -0.125. The number of nitrogens with zero attached hydrogens (tertiary/aromatic N) is 3. The van der Waals surface area contributed by atoms with Gasteiger partial charge in [-0.3, -0.25) is 9.59 Å². The van der Waals surface area contributed by atoms with Crippen LogP contribution in [0.2, 0.25) is 0 Å². The highest BCUT2D eigenvalue weighted by Gasteiger charge is 2.23. The van der Waals surface area contributed by atoms with Crippen LogP contribution >= 0.6 is 11.3 Å². The van der Waals surface area contributed by atoms with Gasteiger partial charge in [0, 0.05) is 37.6 Å². The zero-order valence-corrected chi connectivity index (χ0v) is 16.4. The second-order valence-corrected chi connectivity index (χ2v) is 7.81. The molecule has 1 fully saturated rings. The van der Waals surface area contributed by atoms with Crippen molar-refractivity contribution in [3.8, 4) is 0 Å². The van der Waals surface area contributed by atoms with Gasteiger partial charge in [-0.1, -0.05) is 6.07 Å². The number of carbonyl (C=O) groups is 1. The predicted molar refractivity (Wildman–Crippen MR) is 106 cm³/mol. The van der Waals surface area contributed by atoms with Crippen molar-refractivity contribution in [2.24, 2.45) is 5.92 Å². The maximum absolute atomic E-state index is 12.2. The quantitative estimate of drug-likeness (QED) is 0.745. The maximum Gasteiger partial charge on any atom is 0.268 e. The van der Waals surface area contributed by atoms with Crippen molar-refractivity contribution < 1.29 is 9.53 Å². The number of aromatic nitrogens is 2. The molecule has 1 atom stereocenters. The van der Waals surface area contributed by atoms with E-state index >= 15 is 0 Å². The molecule has 7 nitrogen and oxygen atoms in total. The first-order valence-corrected chi connectivity index (χ1v) is 10.1. The molecule has 1 aliphatic heterocycles. The van der Waals surface area contributed by atoms with Crippen LogP contribution in [0.3, 0.4) is 0 Å². The molecule has 1 unspecified atom stereocenters. The Morgan fingerprint density at radius 3 is 3.11 bits per heavy atom. The topological polar surface area (TPSA) is 76.5 Å². The van der Waals surface area contributed by atoms with E-state index in [1.54, 1.807) is 30.7 Å². The summed E-state index contributed by atoms with van der Waals surface area (Å²) in [6.07, 6.45) is 4.29. The monoisotopic (exact) mass is 390 g/mol. The van der Waals surface area contributed by atoms with Crippen LogP contribution in [-0.2, 0) is 22.6 Å². The standard InChI is InChI=1S/C19H26N4O3S/c1-26-8-7-23-19(25)11-16(12-21-23)22-6-2-4-15(14-22)10-18(24)20-13-17-5-3-9-27-17/h3,5,9,11-12,15H,2,4,6-8,10,13-14H2,1H3,(H,20,24). The summed E-state index contributed by atoms with van der Waals surface area (Å²) >= 11 is 1.65. The van der Waals surface area contributed by atoms with Crippen molar-refractivity contribution in [2.75, 3.05) is 31.7 Å². The van der Waals surface area contributed by atoms with Gasteiger partial charge in [0.2, 0.25) is 5.91 Å². The van der Waals surface area contributed by atoms with Gasteiger partial charge in [0.1, 0.15) is 0 Å². The van der Waals surface area contributed by atoms with Crippen LogP contribution in [-0.4, -0.2) is 42.5 Å². The highest BCUT2D eigenvalue weighted by Crippen LogP contribution is 2.23. The number of carbonyl (C=O) groups excluding carboxylic acids is 1. The molecule has 1 amide bonds. The van der Waals surface area contributed by atoms with E-state index in [1.807, 2.05) is 17.5 Å². The van der Waals surface area contributed by atoms with Crippen molar-refractivity contribution in [2.45, 2.75) is 32.4 Å². The predicted octanol–water partition coefficient (Wildman–Crippen LogP) is 1.87. The summed E-state index contributed by atoms with van der Waals surface area (Å²) < 4.78 is 6.40. The van der Waals surface area contributed by atoms with E-state index in [1.165, 1.54) is 4.68 Å². The first kappa shape index (κ1) is 19.6. The number of rotatable bonds is 8. The normalized spacial score (nSPS) is 17.1. The fourth-order valence-electron chi connectivity index (χ4n) is 3.34. The summed E-state index contributed by atoms with van der Waals surface area (Å²) in [5.74, 6) is 0.376. The lowest BCUT2D eigenvalue weighted by molar-refractivity contribution is -0.122. The molecule has 2 aromatic rings. The molecule has 1 aliphatic rings. The molecule has 1 N–H and O–H groups in total. The van der Waals surface area contributed by atoms with Crippen molar-refractivity contribution in [1.29, 1.82) is 0 Å². The molecule has 27 heavy (non-hydrogen) atoms. The zero-order valence-electron chi connectivity index (χ0n) is 15.6. The summed E-state index contributed by atoms with van der Waals surface area (Å²) in [4.78, 5) is 27.8. The molecule has 1 saturated heterocycles. The highest BCUT2D eigenvalue weighted by molar-refractivity contribution is 7.09. The fraction of sp³-hybridized carbons (Fsp3) is 0.526. The number of hydrogen-bond acceptors (Lipinski definition) is 6. The van der Waals surface area contributed by atoms with Gasteiger partial charge in [-0.05, 0) is 30.2 Å². The minimum Gasteiger partial charge on any atom is -0.383 e. The van der Waals surface area contributed by atoms with Crippen LogP contribution in [0.25, 0.3) is 0 Å². The maximum atomic E-state index is 12.2. The van der Waals surface area contributed by atoms with E-state index < -0.39 is 0 Å². The van der Waals surface area contributed by atoms with Crippen LogP contribution in [0.5, 0.6) is 0 Å². The molecule has 8 heteroatoms. The average molecular weight is 391 g/mol. The lowest BCUT2D eigenvalue weighted by Gasteiger charge is -2.34. The lowest BCUT2D eigenvalue weighted by Crippen LogP contribution is -2.38. The largest absolute Gasteiger partial charge is 0.383 e. The van der Waals surface area contributed by atoms with Gasteiger partial charge in [0.05, 0.1) is 31.6 Å². The van der Waals surface area contributed by atoms with E-state index in [-0.39, 0.29) is 17.4 Å². The van der Waals surface area contributed by atoms with Crippen LogP contribution in [0, 0.1) is 5.92 Å². The van der Waals surface area contributed by atoms with Crippen molar-refractivity contribution in [3.63, 3.8) is 0 Å². The molecule has 0 radical (unpaired) electrons. The van der Waals surface area contributed by atoms with E-state index in [9.17, 15) is 9.59 Å². The van der Waals surface area contributed by atoms with E-state index in [4.69, 9.17) is 4.74 Å². The first-order valence-electron chi connectivity index (χ1n) is 9.26. The smallest absolute Gasteiger partial charge is 0.268 e. The van der Waals surface area contributed by atoms with E-state index in [0.29, 0.717) is 26.1 Å². The highest BCUT2D eigenvalue weighted by atomic mass is 32.1. The molecule has 2 aromatic heterocycles. The Kier molecular flexibility index (Phi) is 7.00. The van der Waals surface area contributed by atoms with Gasteiger partial charge < -0.3 is 15.0 Å². The van der Waals surface area contributed by atoms with Crippen LogP contribution in [0.15, 0.2) is 34.6 Å². The Hall–Kier alpha value is -2.19. The molecule has 0 aliphatic carbocycles. The summed E-state index contributed by atoms with van der Waals surface area (Å²) in [5, 5.41) is 9.25. The number of amides is 1. The number of anilines is 1. The molecular weight excluding hydrogens is 364 g/mol. The average Bonchev–Trinajstić information content (AvgIpc) is 3.19. The van der Waals surface area contributed by atoms with Crippen LogP contribution in [0.1, 0.15) is 24.1 Å². The number of piperidine rings is 1. The van der Waals surface area contributed by atoms with Gasteiger partial charge in [-0.25, -0.2) is 4.68 Å². The van der Waals surface area contributed by atoms with Gasteiger partial charge in [-0.15, -0.1) is 11.3 Å². The summed E-state index contributed by atoms with van der Waals surface area (Å²) in [6, 6.07) is 5.64. The fourth-order valence-corrected chi connectivity index (χ4v) is 3.99. The van der Waals surface area contributed by atoms with Crippen molar-refractivity contribution in [3.05, 3.63) is 45.0 Å². The summed E-state index contributed by atoms with van der Waals surface area (Å²) in [7, 11) is 1.60. The number of hydrogen-bond donors (Lipinski definition) is 1. The van der Waals surface area contributed by atoms with Crippen LogP contribution in [0.4, 0.5) is 5.69 Å².